The molecule has 0 unspecified atom stereocenters. The Labute approximate surface area is 116 Å². The maximum atomic E-state index is 11.9. The first-order valence-electron chi connectivity index (χ1n) is 5.59. The van der Waals surface area contributed by atoms with Crippen molar-refractivity contribution in [1.29, 1.82) is 0 Å². The Balaban J connectivity index is 2.46. The van der Waals surface area contributed by atoms with Crippen molar-refractivity contribution < 1.29 is 14.3 Å². The number of methoxy groups -OCH3 is 1. The van der Waals surface area contributed by atoms with Crippen LogP contribution in [-0.4, -0.2) is 18.9 Å². The highest BCUT2D eigenvalue weighted by molar-refractivity contribution is 6.35. The van der Waals surface area contributed by atoms with Gasteiger partial charge in [0.2, 0.25) is 0 Å². The number of rotatable bonds is 6. The molecule has 1 aromatic rings. The van der Waals surface area contributed by atoms with E-state index in [-0.39, 0.29) is 11.8 Å². The molecule has 0 fully saturated rings. The SMILES string of the molecule is COC(=O)CCCCC(=O)c1cc(Cl)ccc1Cl. The van der Waals surface area contributed by atoms with Crippen LogP contribution in [0, 0.1) is 0 Å². The zero-order valence-electron chi connectivity index (χ0n) is 10.0. The fourth-order valence-electron chi connectivity index (χ4n) is 1.50. The topological polar surface area (TPSA) is 43.4 Å². The lowest BCUT2D eigenvalue weighted by molar-refractivity contribution is -0.140. The van der Waals surface area contributed by atoms with Crippen LogP contribution in [0.2, 0.25) is 10.0 Å². The first-order valence-corrected chi connectivity index (χ1v) is 6.35. The second kappa shape index (κ2) is 7.39. The molecule has 0 aliphatic rings. The first kappa shape index (κ1) is 15.0. The van der Waals surface area contributed by atoms with E-state index >= 15 is 0 Å². The number of hydrogen-bond donors (Lipinski definition) is 0. The number of ether oxygens (including phenoxy) is 1. The van der Waals surface area contributed by atoms with Crippen molar-refractivity contribution >= 4 is 35.0 Å². The largest absolute Gasteiger partial charge is 0.469 e. The van der Waals surface area contributed by atoms with Crippen molar-refractivity contribution in [3.8, 4) is 0 Å². The average molecular weight is 289 g/mol. The average Bonchev–Trinajstić information content (AvgIpc) is 2.36. The third kappa shape index (κ3) is 4.67. The number of hydrogen-bond acceptors (Lipinski definition) is 3. The molecule has 0 radical (unpaired) electrons. The number of carbonyl (C=O) groups excluding carboxylic acids is 2. The van der Waals surface area contributed by atoms with E-state index in [1.165, 1.54) is 7.11 Å². The zero-order chi connectivity index (χ0) is 13.5. The number of benzene rings is 1. The van der Waals surface area contributed by atoms with Crippen molar-refractivity contribution in [2.24, 2.45) is 0 Å². The van der Waals surface area contributed by atoms with Gasteiger partial charge in [-0.05, 0) is 31.0 Å². The number of carbonyl (C=O) groups is 2. The van der Waals surface area contributed by atoms with Crippen LogP contribution < -0.4 is 0 Å². The Morgan fingerprint density at radius 3 is 2.50 bits per heavy atom. The highest BCUT2D eigenvalue weighted by atomic mass is 35.5. The molecule has 0 N–H and O–H groups in total. The van der Waals surface area contributed by atoms with Gasteiger partial charge in [0.25, 0.3) is 0 Å². The molecule has 0 spiro atoms. The normalized spacial score (nSPS) is 10.2. The molecule has 0 aromatic heterocycles. The Morgan fingerprint density at radius 1 is 1.17 bits per heavy atom. The molecule has 0 saturated carbocycles. The van der Waals surface area contributed by atoms with Gasteiger partial charge >= 0.3 is 5.97 Å². The highest BCUT2D eigenvalue weighted by Crippen LogP contribution is 2.22. The third-order valence-corrected chi connectivity index (χ3v) is 3.06. The van der Waals surface area contributed by atoms with Crippen molar-refractivity contribution in [2.75, 3.05) is 7.11 Å². The molecule has 3 nitrogen and oxygen atoms in total. The molecular formula is C13H14Cl2O3. The van der Waals surface area contributed by atoms with Crippen LogP contribution in [0.15, 0.2) is 18.2 Å². The van der Waals surface area contributed by atoms with Gasteiger partial charge in [-0.3, -0.25) is 9.59 Å². The van der Waals surface area contributed by atoms with E-state index in [9.17, 15) is 9.59 Å². The van der Waals surface area contributed by atoms with Crippen molar-refractivity contribution in [2.45, 2.75) is 25.7 Å². The predicted molar refractivity (Wildman–Crippen MR) is 71.3 cm³/mol. The van der Waals surface area contributed by atoms with Crippen LogP contribution in [0.4, 0.5) is 0 Å². The maximum absolute atomic E-state index is 11.9. The van der Waals surface area contributed by atoms with Crippen molar-refractivity contribution in [3.05, 3.63) is 33.8 Å². The molecule has 0 aliphatic heterocycles. The summed E-state index contributed by atoms with van der Waals surface area (Å²) in [6.45, 7) is 0. The number of halogens is 2. The van der Waals surface area contributed by atoms with E-state index in [1.807, 2.05) is 0 Å². The Bertz CT molecular complexity index is 444. The lowest BCUT2D eigenvalue weighted by Crippen LogP contribution is -2.02. The minimum Gasteiger partial charge on any atom is -0.469 e. The van der Waals surface area contributed by atoms with E-state index < -0.39 is 0 Å². The van der Waals surface area contributed by atoms with E-state index in [1.54, 1.807) is 18.2 Å². The quantitative estimate of drug-likeness (QED) is 0.453. The van der Waals surface area contributed by atoms with E-state index in [4.69, 9.17) is 23.2 Å². The number of unbranched alkanes of at least 4 members (excludes halogenated alkanes) is 1. The van der Waals surface area contributed by atoms with Gasteiger partial charge in [0.05, 0.1) is 12.1 Å². The monoisotopic (exact) mass is 288 g/mol. The molecule has 0 heterocycles. The molecule has 0 bridgehead atoms. The Kier molecular flexibility index (Phi) is 6.16. The Hall–Kier alpha value is -1.06. The van der Waals surface area contributed by atoms with Gasteiger partial charge in [-0.1, -0.05) is 23.2 Å². The smallest absolute Gasteiger partial charge is 0.305 e. The predicted octanol–water partition coefficient (Wildman–Crippen LogP) is 3.91. The van der Waals surface area contributed by atoms with Crippen LogP contribution in [0.3, 0.4) is 0 Å². The lowest BCUT2D eigenvalue weighted by atomic mass is 10.0. The molecule has 0 amide bonds. The van der Waals surface area contributed by atoms with Gasteiger partial charge in [0.1, 0.15) is 0 Å². The van der Waals surface area contributed by atoms with Crippen LogP contribution in [0.5, 0.6) is 0 Å². The van der Waals surface area contributed by atoms with Gasteiger partial charge in [0, 0.05) is 23.4 Å². The summed E-state index contributed by atoms with van der Waals surface area (Å²) in [6, 6.07) is 4.80. The summed E-state index contributed by atoms with van der Waals surface area (Å²) in [7, 11) is 1.35. The molecule has 0 aliphatic carbocycles. The Morgan fingerprint density at radius 2 is 1.83 bits per heavy atom. The summed E-state index contributed by atoms with van der Waals surface area (Å²) in [4.78, 5) is 22.8. The molecule has 5 heteroatoms. The first-order chi connectivity index (χ1) is 8.54. The summed E-state index contributed by atoms with van der Waals surface area (Å²) in [5.74, 6) is -0.324. The summed E-state index contributed by atoms with van der Waals surface area (Å²) in [6.07, 6.45) is 1.91. The van der Waals surface area contributed by atoms with Gasteiger partial charge in [-0.15, -0.1) is 0 Å². The fraction of sp³-hybridized carbons (Fsp3) is 0.385. The standard InChI is InChI=1S/C13H14Cl2O3/c1-18-13(17)5-3-2-4-12(16)10-8-9(14)6-7-11(10)15/h6-8H,2-5H2,1H3. The minimum absolute atomic E-state index is 0.0626. The molecule has 1 rings (SSSR count). The van der Waals surface area contributed by atoms with E-state index in [0.29, 0.717) is 41.3 Å². The van der Waals surface area contributed by atoms with Gasteiger partial charge in [0.15, 0.2) is 5.78 Å². The van der Waals surface area contributed by atoms with Gasteiger partial charge in [-0.25, -0.2) is 0 Å². The van der Waals surface area contributed by atoms with Crippen LogP contribution in [0.1, 0.15) is 36.0 Å². The summed E-state index contributed by atoms with van der Waals surface area (Å²) in [5.41, 5.74) is 0.433. The molecule has 98 valence electrons. The van der Waals surface area contributed by atoms with Crippen molar-refractivity contribution in [3.63, 3.8) is 0 Å². The second-order valence-electron chi connectivity index (χ2n) is 3.83. The minimum atomic E-state index is -0.261. The molecule has 18 heavy (non-hydrogen) atoms. The summed E-state index contributed by atoms with van der Waals surface area (Å²) < 4.78 is 4.51. The molecule has 1 aromatic carbocycles. The second-order valence-corrected chi connectivity index (χ2v) is 4.67. The van der Waals surface area contributed by atoms with E-state index in [2.05, 4.69) is 4.74 Å². The fourth-order valence-corrected chi connectivity index (χ4v) is 1.90. The maximum Gasteiger partial charge on any atom is 0.305 e. The lowest BCUT2D eigenvalue weighted by Gasteiger charge is -2.04. The number of ketones is 1. The summed E-state index contributed by atoms with van der Waals surface area (Å²) >= 11 is 11.7. The van der Waals surface area contributed by atoms with Crippen LogP contribution >= 0.6 is 23.2 Å². The van der Waals surface area contributed by atoms with Gasteiger partial charge < -0.3 is 4.74 Å². The molecule has 0 saturated heterocycles. The molecular weight excluding hydrogens is 275 g/mol. The van der Waals surface area contributed by atoms with Crippen LogP contribution in [0.25, 0.3) is 0 Å². The van der Waals surface area contributed by atoms with E-state index in [0.717, 1.165) is 0 Å². The summed E-state index contributed by atoms with van der Waals surface area (Å²) in [5, 5.41) is 0.884. The molecule has 0 atom stereocenters. The zero-order valence-corrected chi connectivity index (χ0v) is 11.6. The highest BCUT2D eigenvalue weighted by Gasteiger charge is 2.11. The van der Waals surface area contributed by atoms with Gasteiger partial charge in [-0.2, -0.15) is 0 Å². The third-order valence-electron chi connectivity index (χ3n) is 2.49. The van der Waals surface area contributed by atoms with Crippen LogP contribution in [-0.2, 0) is 9.53 Å². The number of esters is 1. The number of Topliss-reactive ketones (excluding diaryl/α,β-unsaturated/α-hetero) is 1. The van der Waals surface area contributed by atoms with Crippen molar-refractivity contribution in [1.82, 2.24) is 0 Å².